The Morgan fingerprint density at radius 3 is 2.75 bits per heavy atom. The summed E-state index contributed by atoms with van der Waals surface area (Å²) in [4.78, 5) is 13.7. The molecule has 2 aromatic heterocycles. The van der Waals surface area contributed by atoms with Crippen molar-refractivity contribution in [2.24, 2.45) is 5.92 Å². The van der Waals surface area contributed by atoms with Crippen LogP contribution in [0.15, 0.2) is 36.8 Å². The monoisotopic (exact) mass is 320 g/mol. The summed E-state index contributed by atoms with van der Waals surface area (Å²) in [7, 11) is 0. The molecule has 0 radical (unpaired) electrons. The molecule has 5 rings (SSSR count). The van der Waals surface area contributed by atoms with Crippen LogP contribution in [0.2, 0.25) is 0 Å². The highest BCUT2D eigenvalue weighted by Crippen LogP contribution is 2.42. The number of imidazole rings is 1. The number of ether oxygens (including phenoxy) is 1. The summed E-state index contributed by atoms with van der Waals surface area (Å²) in [6.07, 6.45) is 8.68. The molecule has 0 atom stereocenters. The highest BCUT2D eigenvalue weighted by molar-refractivity contribution is 5.77. The molecule has 2 heterocycles. The first kappa shape index (κ1) is 14.0. The summed E-state index contributed by atoms with van der Waals surface area (Å²) in [5.41, 5.74) is 3.25. The maximum Gasteiger partial charge on any atom is 0.318 e. The molecule has 0 N–H and O–H groups in total. The van der Waals surface area contributed by atoms with Crippen molar-refractivity contribution in [2.45, 2.75) is 44.6 Å². The van der Waals surface area contributed by atoms with Crippen LogP contribution in [0, 0.1) is 5.92 Å². The largest absolute Gasteiger partial charge is 0.460 e. The first-order valence-electron chi connectivity index (χ1n) is 8.74. The Kier molecular flexibility index (Phi) is 3.08. The summed E-state index contributed by atoms with van der Waals surface area (Å²) < 4.78 is 8.04. The van der Waals surface area contributed by atoms with Gasteiger partial charge in [0.25, 0.3) is 0 Å². The van der Waals surface area contributed by atoms with Crippen molar-refractivity contribution in [1.29, 1.82) is 0 Å². The van der Waals surface area contributed by atoms with E-state index in [1.54, 1.807) is 0 Å². The highest BCUT2D eigenvalue weighted by Gasteiger charge is 2.31. The van der Waals surface area contributed by atoms with Crippen LogP contribution in [0.5, 0.6) is 6.01 Å². The van der Waals surface area contributed by atoms with Crippen molar-refractivity contribution in [3.8, 4) is 11.8 Å². The lowest BCUT2D eigenvalue weighted by Gasteiger charge is -2.31. The molecule has 24 heavy (non-hydrogen) atoms. The zero-order valence-electron chi connectivity index (χ0n) is 13.7. The van der Waals surface area contributed by atoms with Crippen LogP contribution in [-0.4, -0.2) is 25.6 Å². The predicted octanol–water partition coefficient (Wildman–Crippen LogP) is 3.87. The Bertz CT molecular complexity index is 893. The van der Waals surface area contributed by atoms with Gasteiger partial charge in [0.05, 0.1) is 11.0 Å². The van der Waals surface area contributed by atoms with E-state index in [0.717, 1.165) is 35.6 Å². The van der Waals surface area contributed by atoms with E-state index in [1.165, 1.54) is 18.4 Å². The zero-order valence-corrected chi connectivity index (χ0v) is 13.7. The van der Waals surface area contributed by atoms with Gasteiger partial charge in [-0.25, -0.2) is 9.97 Å². The Balaban J connectivity index is 1.57. The van der Waals surface area contributed by atoms with Gasteiger partial charge in [0, 0.05) is 11.8 Å². The normalized spacial score (nSPS) is 23.2. The zero-order chi connectivity index (χ0) is 16.1. The Morgan fingerprint density at radius 1 is 1.12 bits per heavy atom. The molecule has 0 bridgehead atoms. The molecule has 5 nitrogen and oxygen atoms in total. The van der Waals surface area contributed by atoms with E-state index in [-0.39, 0.29) is 6.10 Å². The van der Waals surface area contributed by atoms with E-state index in [2.05, 4.69) is 27.5 Å². The van der Waals surface area contributed by atoms with Crippen LogP contribution in [0.4, 0.5) is 0 Å². The van der Waals surface area contributed by atoms with Gasteiger partial charge in [-0.05, 0) is 49.7 Å². The summed E-state index contributed by atoms with van der Waals surface area (Å²) in [6.45, 7) is 2.25. The lowest BCUT2D eigenvalue weighted by Crippen LogP contribution is -2.32. The number of rotatable bonds is 4. The van der Waals surface area contributed by atoms with Gasteiger partial charge in [0.2, 0.25) is 0 Å². The molecule has 5 heteroatoms. The minimum Gasteiger partial charge on any atom is -0.460 e. The third-order valence-electron chi connectivity index (χ3n) is 5.08. The van der Waals surface area contributed by atoms with Crippen molar-refractivity contribution in [1.82, 2.24) is 19.5 Å². The summed E-state index contributed by atoms with van der Waals surface area (Å²) in [6, 6.07) is 8.63. The third kappa shape index (κ3) is 2.35. The van der Waals surface area contributed by atoms with Crippen LogP contribution in [-0.2, 0) is 0 Å². The average molecular weight is 320 g/mol. The standard InChI is InChI=1S/C19H20N4O/c1-12-8-14(9-12)24-19-20-10-15(13-6-7-13)18(22-19)23-11-21-16-4-2-3-5-17(16)23/h2-5,10-14H,6-9H2,1H3. The molecule has 2 fully saturated rings. The molecule has 0 aliphatic heterocycles. The lowest BCUT2D eigenvalue weighted by atomic mass is 9.84. The Morgan fingerprint density at radius 2 is 1.96 bits per heavy atom. The second-order valence-corrected chi connectivity index (χ2v) is 7.13. The van der Waals surface area contributed by atoms with Gasteiger partial charge in [-0.15, -0.1) is 0 Å². The molecular weight excluding hydrogens is 300 g/mol. The Hall–Kier alpha value is -2.43. The van der Waals surface area contributed by atoms with Crippen LogP contribution in [0.25, 0.3) is 16.9 Å². The minimum absolute atomic E-state index is 0.263. The van der Waals surface area contributed by atoms with Crippen LogP contribution in [0.1, 0.15) is 44.1 Å². The SMILES string of the molecule is CC1CC(Oc2ncc(C3CC3)c(-n3cnc4ccccc43)n2)C1. The quantitative estimate of drug-likeness (QED) is 0.732. The van der Waals surface area contributed by atoms with Gasteiger partial charge in [-0.2, -0.15) is 4.98 Å². The van der Waals surface area contributed by atoms with E-state index in [0.29, 0.717) is 11.9 Å². The first-order chi connectivity index (χ1) is 11.8. The molecular formula is C19H20N4O. The second-order valence-electron chi connectivity index (χ2n) is 7.13. The van der Waals surface area contributed by atoms with E-state index in [9.17, 15) is 0 Å². The molecule has 0 saturated heterocycles. The molecule has 2 saturated carbocycles. The maximum atomic E-state index is 5.97. The molecule has 2 aliphatic carbocycles. The van der Waals surface area contributed by atoms with Gasteiger partial charge in [-0.1, -0.05) is 19.1 Å². The first-order valence-corrected chi connectivity index (χ1v) is 8.74. The van der Waals surface area contributed by atoms with Gasteiger partial charge >= 0.3 is 6.01 Å². The van der Waals surface area contributed by atoms with Crippen molar-refractivity contribution >= 4 is 11.0 Å². The summed E-state index contributed by atoms with van der Waals surface area (Å²) >= 11 is 0. The van der Waals surface area contributed by atoms with Gasteiger partial charge in [0.15, 0.2) is 0 Å². The van der Waals surface area contributed by atoms with E-state index < -0.39 is 0 Å². The maximum absolute atomic E-state index is 5.97. The number of benzene rings is 1. The minimum atomic E-state index is 0.263. The van der Waals surface area contributed by atoms with Gasteiger partial charge < -0.3 is 4.74 Å². The van der Waals surface area contributed by atoms with E-state index >= 15 is 0 Å². The van der Waals surface area contributed by atoms with E-state index in [1.807, 2.05) is 30.7 Å². The van der Waals surface area contributed by atoms with Gasteiger partial charge in [-0.3, -0.25) is 4.57 Å². The molecule has 2 aliphatic rings. The summed E-state index contributed by atoms with van der Waals surface area (Å²) in [5.74, 6) is 2.24. The van der Waals surface area contributed by atoms with Crippen LogP contribution in [0.3, 0.4) is 0 Å². The fraction of sp³-hybridized carbons (Fsp3) is 0.421. The van der Waals surface area contributed by atoms with Crippen LogP contribution >= 0.6 is 0 Å². The molecule has 0 spiro atoms. The Labute approximate surface area is 140 Å². The second kappa shape index (κ2) is 5.30. The number of para-hydroxylation sites is 2. The fourth-order valence-electron chi connectivity index (χ4n) is 3.50. The van der Waals surface area contributed by atoms with Gasteiger partial charge in [0.1, 0.15) is 18.2 Å². The van der Waals surface area contributed by atoms with Crippen molar-refractivity contribution in [3.05, 3.63) is 42.4 Å². The smallest absolute Gasteiger partial charge is 0.318 e. The lowest BCUT2D eigenvalue weighted by molar-refractivity contribution is 0.0648. The predicted molar refractivity (Wildman–Crippen MR) is 91.4 cm³/mol. The molecule has 3 aromatic rings. The van der Waals surface area contributed by atoms with Crippen molar-refractivity contribution < 1.29 is 4.74 Å². The van der Waals surface area contributed by atoms with Crippen molar-refractivity contribution in [2.75, 3.05) is 0 Å². The topological polar surface area (TPSA) is 52.8 Å². The number of hydrogen-bond donors (Lipinski definition) is 0. The third-order valence-corrected chi connectivity index (χ3v) is 5.08. The molecule has 0 amide bonds. The number of hydrogen-bond acceptors (Lipinski definition) is 4. The molecule has 0 unspecified atom stereocenters. The van der Waals surface area contributed by atoms with Crippen molar-refractivity contribution in [3.63, 3.8) is 0 Å². The van der Waals surface area contributed by atoms with E-state index in [4.69, 9.17) is 9.72 Å². The summed E-state index contributed by atoms with van der Waals surface area (Å²) in [5, 5.41) is 0. The average Bonchev–Trinajstić information content (AvgIpc) is 3.32. The number of nitrogens with zero attached hydrogens (tertiary/aromatic N) is 4. The molecule has 1 aromatic carbocycles. The fourth-order valence-corrected chi connectivity index (χ4v) is 3.50. The highest BCUT2D eigenvalue weighted by atomic mass is 16.5. The number of aromatic nitrogens is 4. The van der Waals surface area contributed by atoms with Crippen LogP contribution < -0.4 is 4.74 Å². The number of fused-ring (bicyclic) bond motifs is 1. The molecule has 122 valence electrons.